The smallest absolute Gasteiger partial charge is 0.277 e. The zero-order valence-corrected chi connectivity index (χ0v) is 14.9. The number of anilines is 1. The molecule has 0 saturated carbocycles. The summed E-state index contributed by atoms with van der Waals surface area (Å²) >= 11 is 6.94. The third kappa shape index (κ3) is 4.39. The molecular weight excluding hydrogens is 384 g/mol. The number of thioether (sulfide) groups is 1. The van der Waals surface area contributed by atoms with E-state index in [0.29, 0.717) is 16.7 Å². The lowest BCUT2D eigenvalue weighted by molar-refractivity contribution is -0.115. The van der Waals surface area contributed by atoms with Crippen LogP contribution in [-0.4, -0.2) is 21.4 Å². The number of rotatable bonds is 5. The average Bonchev–Trinajstić information content (AvgIpc) is 3.06. The van der Waals surface area contributed by atoms with Crippen molar-refractivity contribution < 1.29 is 18.0 Å². The summed E-state index contributed by atoms with van der Waals surface area (Å²) in [5, 5.41) is 10.3. The average molecular weight is 396 g/mol. The number of hydrogen-bond acceptors (Lipinski definition) is 5. The molecule has 3 aromatic rings. The maximum atomic E-state index is 13.6. The van der Waals surface area contributed by atoms with E-state index in [4.69, 9.17) is 16.0 Å². The van der Waals surface area contributed by atoms with Crippen LogP contribution in [0.1, 0.15) is 6.92 Å². The monoisotopic (exact) mass is 395 g/mol. The van der Waals surface area contributed by atoms with Gasteiger partial charge in [0.15, 0.2) is 0 Å². The van der Waals surface area contributed by atoms with E-state index in [1.54, 1.807) is 31.2 Å². The molecule has 0 bridgehead atoms. The fourth-order valence-electron chi connectivity index (χ4n) is 2.03. The second kappa shape index (κ2) is 7.84. The van der Waals surface area contributed by atoms with E-state index in [-0.39, 0.29) is 16.8 Å². The van der Waals surface area contributed by atoms with Crippen LogP contribution in [0.2, 0.25) is 5.02 Å². The lowest BCUT2D eigenvalue weighted by Crippen LogP contribution is -2.23. The summed E-state index contributed by atoms with van der Waals surface area (Å²) in [5.41, 5.74) is 0.552. The van der Waals surface area contributed by atoms with Gasteiger partial charge in [-0.05, 0) is 37.3 Å². The molecule has 0 aliphatic rings. The number of nitrogens with zero attached hydrogens (tertiary/aromatic N) is 2. The van der Waals surface area contributed by atoms with Crippen molar-refractivity contribution in [2.45, 2.75) is 17.4 Å². The van der Waals surface area contributed by atoms with Gasteiger partial charge in [-0.25, -0.2) is 8.78 Å². The highest BCUT2D eigenvalue weighted by Gasteiger charge is 2.20. The van der Waals surface area contributed by atoms with E-state index in [1.165, 1.54) is 0 Å². The van der Waals surface area contributed by atoms with Crippen LogP contribution in [0.4, 0.5) is 14.5 Å². The van der Waals surface area contributed by atoms with Gasteiger partial charge in [-0.3, -0.25) is 4.79 Å². The Morgan fingerprint density at radius 3 is 2.77 bits per heavy atom. The zero-order valence-electron chi connectivity index (χ0n) is 13.4. The number of carbonyl (C=O) groups excluding carboxylic acids is 1. The van der Waals surface area contributed by atoms with Crippen LogP contribution in [-0.2, 0) is 4.79 Å². The van der Waals surface area contributed by atoms with E-state index >= 15 is 0 Å². The van der Waals surface area contributed by atoms with E-state index in [2.05, 4.69) is 15.5 Å². The van der Waals surface area contributed by atoms with Gasteiger partial charge in [0.1, 0.15) is 11.6 Å². The van der Waals surface area contributed by atoms with Crippen molar-refractivity contribution in [2.24, 2.45) is 0 Å². The van der Waals surface area contributed by atoms with Crippen molar-refractivity contribution in [3.8, 4) is 11.5 Å². The second-order valence-corrected chi connectivity index (χ2v) is 6.99. The highest BCUT2D eigenvalue weighted by atomic mass is 35.5. The van der Waals surface area contributed by atoms with E-state index in [0.717, 1.165) is 23.9 Å². The van der Waals surface area contributed by atoms with Crippen LogP contribution in [0.25, 0.3) is 11.5 Å². The Hall–Kier alpha value is -2.45. The molecule has 0 aliphatic carbocycles. The standard InChI is InChI=1S/C17H12ClF2N3O2S/c1-9(15(24)21-14-6-5-12(19)8-13(14)20)26-17-23-22-16(25-17)10-3-2-4-11(18)7-10/h2-9H,1H3,(H,21,24)/t9-/m0/s1. The van der Waals surface area contributed by atoms with Gasteiger partial charge in [-0.15, -0.1) is 10.2 Å². The molecule has 0 radical (unpaired) electrons. The first kappa shape index (κ1) is 18.3. The first-order chi connectivity index (χ1) is 12.4. The van der Waals surface area contributed by atoms with Crippen molar-refractivity contribution in [1.29, 1.82) is 0 Å². The van der Waals surface area contributed by atoms with Gasteiger partial charge in [0.2, 0.25) is 11.8 Å². The quantitative estimate of drug-likeness (QED) is 0.629. The van der Waals surface area contributed by atoms with Gasteiger partial charge in [-0.2, -0.15) is 0 Å². The van der Waals surface area contributed by atoms with E-state index < -0.39 is 22.8 Å². The molecule has 0 saturated heterocycles. The summed E-state index contributed by atoms with van der Waals surface area (Å²) in [7, 11) is 0. The van der Waals surface area contributed by atoms with Gasteiger partial charge in [-0.1, -0.05) is 29.4 Å². The predicted octanol–water partition coefficient (Wildman–Crippen LogP) is 4.79. The molecule has 26 heavy (non-hydrogen) atoms. The summed E-state index contributed by atoms with van der Waals surface area (Å²) in [4.78, 5) is 12.2. The Morgan fingerprint density at radius 1 is 1.23 bits per heavy atom. The van der Waals surface area contributed by atoms with Crippen LogP contribution in [0.5, 0.6) is 0 Å². The minimum absolute atomic E-state index is 0.103. The van der Waals surface area contributed by atoms with Gasteiger partial charge < -0.3 is 9.73 Å². The molecule has 134 valence electrons. The number of benzene rings is 2. The molecule has 0 aliphatic heterocycles. The molecule has 9 heteroatoms. The number of carbonyl (C=O) groups is 1. The first-order valence-electron chi connectivity index (χ1n) is 7.44. The molecule has 1 heterocycles. The Labute approximate surface area is 156 Å². The second-order valence-electron chi connectivity index (χ2n) is 5.26. The summed E-state index contributed by atoms with van der Waals surface area (Å²) in [5.74, 6) is -1.78. The molecule has 0 unspecified atom stereocenters. The summed E-state index contributed by atoms with van der Waals surface area (Å²) < 4.78 is 32.0. The van der Waals surface area contributed by atoms with Gasteiger partial charge >= 0.3 is 0 Å². The number of nitrogens with one attached hydrogen (secondary N) is 1. The molecule has 1 atom stereocenters. The molecule has 1 aromatic heterocycles. The lowest BCUT2D eigenvalue weighted by atomic mass is 10.2. The first-order valence-corrected chi connectivity index (χ1v) is 8.70. The van der Waals surface area contributed by atoms with Gasteiger partial charge in [0, 0.05) is 16.7 Å². The molecule has 2 aromatic carbocycles. The summed E-state index contributed by atoms with van der Waals surface area (Å²) in [6, 6.07) is 9.83. The van der Waals surface area contributed by atoms with Crippen molar-refractivity contribution >= 4 is 35.0 Å². The van der Waals surface area contributed by atoms with Crippen LogP contribution in [0.3, 0.4) is 0 Å². The Bertz CT molecular complexity index is 951. The number of hydrogen-bond donors (Lipinski definition) is 1. The zero-order chi connectivity index (χ0) is 18.7. The van der Waals surface area contributed by atoms with Gasteiger partial charge in [0.05, 0.1) is 10.9 Å². The third-order valence-corrected chi connectivity index (χ3v) is 4.48. The minimum Gasteiger partial charge on any atom is -0.411 e. The third-order valence-electron chi connectivity index (χ3n) is 3.31. The van der Waals surface area contributed by atoms with Crippen molar-refractivity contribution in [2.75, 3.05) is 5.32 Å². The summed E-state index contributed by atoms with van der Waals surface area (Å²) in [6.45, 7) is 1.60. The van der Waals surface area contributed by atoms with Crippen LogP contribution < -0.4 is 5.32 Å². The SMILES string of the molecule is C[C@H](Sc1nnc(-c2cccc(Cl)c2)o1)C(=O)Nc1ccc(F)cc1F. The number of aromatic nitrogens is 2. The number of amides is 1. The van der Waals surface area contributed by atoms with E-state index in [1.807, 2.05) is 0 Å². The van der Waals surface area contributed by atoms with Crippen LogP contribution in [0.15, 0.2) is 52.1 Å². The molecule has 0 fully saturated rings. The van der Waals surface area contributed by atoms with E-state index in [9.17, 15) is 13.6 Å². The molecule has 0 spiro atoms. The molecule has 5 nitrogen and oxygen atoms in total. The van der Waals surface area contributed by atoms with Crippen LogP contribution in [0, 0.1) is 11.6 Å². The molecule has 1 amide bonds. The van der Waals surface area contributed by atoms with Crippen molar-refractivity contribution in [3.63, 3.8) is 0 Å². The Kier molecular flexibility index (Phi) is 5.53. The van der Waals surface area contributed by atoms with Crippen molar-refractivity contribution in [1.82, 2.24) is 10.2 Å². The normalized spacial score (nSPS) is 12.0. The highest BCUT2D eigenvalue weighted by Crippen LogP contribution is 2.28. The fraction of sp³-hybridized carbons (Fsp3) is 0.118. The minimum atomic E-state index is -0.850. The topological polar surface area (TPSA) is 68.0 Å². The summed E-state index contributed by atoms with van der Waals surface area (Å²) in [6.07, 6.45) is 0. The maximum Gasteiger partial charge on any atom is 0.277 e. The highest BCUT2D eigenvalue weighted by molar-refractivity contribution is 8.00. The van der Waals surface area contributed by atoms with Gasteiger partial charge in [0.25, 0.3) is 5.22 Å². The molecule has 3 rings (SSSR count). The lowest BCUT2D eigenvalue weighted by Gasteiger charge is -2.10. The number of halogens is 3. The van der Waals surface area contributed by atoms with Crippen molar-refractivity contribution in [3.05, 3.63) is 59.1 Å². The molecule has 1 N–H and O–H groups in total. The predicted molar refractivity (Wildman–Crippen MR) is 95.1 cm³/mol. The molecular formula is C17H12ClF2N3O2S. The fourth-order valence-corrected chi connectivity index (χ4v) is 2.90. The Morgan fingerprint density at radius 2 is 2.04 bits per heavy atom. The Balaban J connectivity index is 1.66. The largest absolute Gasteiger partial charge is 0.411 e. The van der Waals surface area contributed by atoms with Crippen LogP contribution >= 0.6 is 23.4 Å². The maximum absolute atomic E-state index is 13.6.